The lowest BCUT2D eigenvalue weighted by molar-refractivity contribution is -0.852. The van der Waals surface area contributed by atoms with E-state index in [1.807, 2.05) is 30.3 Å². The van der Waals surface area contributed by atoms with E-state index in [9.17, 15) is 9.59 Å². The zero-order chi connectivity index (χ0) is 20.2. The van der Waals surface area contributed by atoms with Gasteiger partial charge in [-0.1, -0.05) is 51.1 Å². The molecule has 0 spiro atoms. The van der Waals surface area contributed by atoms with Gasteiger partial charge in [-0.15, -0.1) is 0 Å². The molecule has 0 radical (unpaired) electrons. The molecule has 3 aliphatic heterocycles. The Hall–Kier alpha value is -1.86. The molecule has 3 heterocycles. The van der Waals surface area contributed by atoms with Gasteiger partial charge in [-0.2, -0.15) is 0 Å². The highest BCUT2D eigenvalue weighted by atomic mass is 16.7. The molecule has 3 aliphatic carbocycles. The number of hydrogen-bond donors (Lipinski definition) is 0. The maximum absolute atomic E-state index is 12.6. The molecule has 2 unspecified atom stereocenters. The number of nitrogens with zero attached hydrogens (tertiary/aromatic N) is 1. The quantitative estimate of drug-likeness (QED) is 0.580. The third-order valence-corrected chi connectivity index (χ3v) is 9.21. The van der Waals surface area contributed by atoms with E-state index in [0.29, 0.717) is 27.6 Å². The van der Waals surface area contributed by atoms with Crippen LogP contribution >= 0.6 is 0 Å². The Morgan fingerprint density at radius 2 is 1.69 bits per heavy atom. The van der Waals surface area contributed by atoms with Crippen molar-refractivity contribution in [2.75, 3.05) is 13.1 Å². The summed E-state index contributed by atoms with van der Waals surface area (Å²) in [4.78, 5) is 25.3. The van der Waals surface area contributed by atoms with Crippen LogP contribution in [0.1, 0.15) is 45.3 Å². The van der Waals surface area contributed by atoms with Crippen molar-refractivity contribution in [2.24, 2.45) is 23.2 Å². The largest absolute Gasteiger partial charge is 0.615 e. The fourth-order valence-electron chi connectivity index (χ4n) is 7.56. The molecule has 7 rings (SSSR count). The number of carbonyl (C=O) groups excluding carboxylic acids is 2. The Bertz CT molecular complexity index is 882. The van der Waals surface area contributed by atoms with Gasteiger partial charge in [-0.25, -0.2) is 0 Å². The molecule has 1 aromatic rings. The van der Waals surface area contributed by atoms with Crippen LogP contribution in [0.25, 0.3) is 0 Å². The number of carbonyl (C=O) groups is 2. The van der Waals surface area contributed by atoms with E-state index in [1.165, 1.54) is 6.42 Å². The Morgan fingerprint density at radius 1 is 1.03 bits per heavy atom. The molecule has 3 saturated carbocycles. The van der Waals surface area contributed by atoms with Gasteiger partial charge in [0.25, 0.3) is 0 Å². The van der Waals surface area contributed by atoms with Crippen LogP contribution in [0.4, 0.5) is 0 Å². The monoisotopic (exact) mass is 397 g/mol. The molecular formula is C22H28BNO5. The summed E-state index contributed by atoms with van der Waals surface area (Å²) in [5.74, 6) is 1.14. The number of hydrogen-bond acceptors (Lipinski definition) is 5. The van der Waals surface area contributed by atoms with E-state index in [-0.39, 0.29) is 43.2 Å². The van der Waals surface area contributed by atoms with Crippen molar-refractivity contribution in [2.45, 2.75) is 51.8 Å². The van der Waals surface area contributed by atoms with E-state index < -0.39 is 6.69 Å². The zero-order valence-corrected chi connectivity index (χ0v) is 17.2. The first-order valence-electron chi connectivity index (χ1n) is 10.9. The van der Waals surface area contributed by atoms with Gasteiger partial charge >= 0.3 is 18.6 Å². The molecule has 0 amide bonds. The summed E-state index contributed by atoms with van der Waals surface area (Å²) in [7, 11) is 0. The first kappa shape index (κ1) is 18.0. The molecule has 0 N–H and O–H groups in total. The molecule has 6 fully saturated rings. The number of ether oxygens (including phenoxy) is 1. The topological polar surface area (TPSA) is 65.1 Å². The summed E-state index contributed by atoms with van der Waals surface area (Å²) in [6.07, 6.45) is 2.08. The third kappa shape index (κ3) is 2.10. The van der Waals surface area contributed by atoms with Crippen LogP contribution in [-0.4, -0.2) is 48.2 Å². The highest BCUT2D eigenvalue weighted by Gasteiger charge is 2.80. The summed E-state index contributed by atoms with van der Waals surface area (Å²) < 4.78 is 18.3. The molecule has 0 aromatic heterocycles. The van der Waals surface area contributed by atoms with Crippen molar-refractivity contribution < 1.29 is 28.0 Å². The molecule has 29 heavy (non-hydrogen) atoms. The lowest BCUT2D eigenvalue weighted by atomic mass is 9.43. The molecule has 7 heteroatoms. The van der Waals surface area contributed by atoms with Gasteiger partial charge in [-0.05, 0) is 35.7 Å². The minimum atomic E-state index is -2.20. The van der Waals surface area contributed by atoms with Crippen LogP contribution in [0.15, 0.2) is 30.3 Å². The van der Waals surface area contributed by atoms with E-state index in [4.69, 9.17) is 14.0 Å². The first-order chi connectivity index (χ1) is 13.8. The Labute approximate surface area is 171 Å². The molecule has 154 valence electrons. The van der Waals surface area contributed by atoms with Crippen molar-refractivity contribution in [3.8, 4) is 0 Å². The van der Waals surface area contributed by atoms with Gasteiger partial charge < -0.3 is 18.4 Å². The van der Waals surface area contributed by atoms with E-state index in [0.717, 1.165) is 12.0 Å². The maximum Gasteiger partial charge on any atom is 0.615 e. The highest BCUT2D eigenvalue weighted by Crippen LogP contribution is 2.65. The number of epoxide rings is 1. The van der Waals surface area contributed by atoms with Crippen LogP contribution in [-0.2, 0) is 23.6 Å². The predicted octanol–water partition coefficient (Wildman–Crippen LogP) is 2.61. The van der Waals surface area contributed by atoms with E-state index in [1.54, 1.807) is 0 Å². The van der Waals surface area contributed by atoms with Gasteiger partial charge in [0.1, 0.15) is 19.1 Å². The number of fused-ring (bicyclic) bond motifs is 4. The van der Waals surface area contributed by atoms with Crippen molar-refractivity contribution in [3.63, 3.8) is 0 Å². The van der Waals surface area contributed by atoms with Crippen LogP contribution in [0.2, 0.25) is 0 Å². The standard InChI is InChI=1S/C22H28BNO5/c1-13-16-9-15(22(16,2)3)10-17(13)24-11-18(25)28-23(24,29-19(26)12-24)21-20(27-21)14-7-5-4-6-8-14/h4-8,13,15-17,20-21H,9-12H2,1-3H3/t13-,15+,16-,17?,20+,21?,23?,24?/m1/s1. The average Bonchev–Trinajstić information content (AvgIpc) is 3.36. The van der Waals surface area contributed by atoms with Crippen LogP contribution < -0.4 is 0 Å². The summed E-state index contributed by atoms with van der Waals surface area (Å²) >= 11 is 0. The predicted molar refractivity (Wildman–Crippen MR) is 105 cm³/mol. The van der Waals surface area contributed by atoms with Gasteiger partial charge in [0.05, 0.1) is 12.1 Å². The zero-order valence-electron chi connectivity index (χ0n) is 17.2. The van der Waals surface area contributed by atoms with Gasteiger partial charge in [0.2, 0.25) is 0 Å². The second-order valence-electron chi connectivity index (χ2n) is 10.6. The van der Waals surface area contributed by atoms with E-state index in [2.05, 4.69) is 20.8 Å². The van der Waals surface area contributed by atoms with Crippen molar-refractivity contribution in [3.05, 3.63) is 35.9 Å². The fraction of sp³-hybridized carbons (Fsp3) is 0.636. The second kappa shape index (κ2) is 5.44. The summed E-state index contributed by atoms with van der Waals surface area (Å²) in [5.41, 5.74) is 1.38. The van der Waals surface area contributed by atoms with Crippen LogP contribution in [0.3, 0.4) is 0 Å². The molecule has 2 bridgehead atoms. The minimum Gasteiger partial charge on any atom is -0.598 e. The molecule has 1 aromatic carbocycles. The Kier molecular flexibility index (Phi) is 3.37. The summed E-state index contributed by atoms with van der Waals surface area (Å²) in [6.45, 7) is 5.28. The lowest BCUT2D eigenvalue weighted by Gasteiger charge is -2.66. The van der Waals surface area contributed by atoms with Crippen molar-refractivity contribution in [1.29, 1.82) is 0 Å². The van der Waals surface area contributed by atoms with Crippen LogP contribution in [0.5, 0.6) is 0 Å². The maximum atomic E-state index is 12.6. The number of quaternary nitrogens is 1. The SMILES string of the molecule is C[C@H]1C([N+]23CC(=O)O[B-]2(C2O[C@H]2c2ccccc2)OC(=O)C3)C[C@@H]2C[C@H]1C2(C)C. The normalized spacial score (nSPS) is 49.1. The average molecular weight is 397 g/mol. The third-order valence-electron chi connectivity index (χ3n) is 9.21. The Balaban J connectivity index is 1.40. The van der Waals surface area contributed by atoms with Gasteiger partial charge in [-0.3, -0.25) is 9.59 Å². The number of rotatable bonds is 3. The molecule has 6 aliphatic rings. The fourth-order valence-corrected chi connectivity index (χ4v) is 7.56. The van der Waals surface area contributed by atoms with Crippen molar-refractivity contribution >= 4 is 18.6 Å². The lowest BCUT2D eigenvalue weighted by Crippen LogP contribution is -2.75. The second-order valence-corrected chi connectivity index (χ2v) is 10.6. The minimum absolute atomic E-state index is 0.185. The van der Waals surface area contributed by atoms with Crippen LogP contribution in [0, 0.1) is 23.2 Å². The van der Waals surface area contributed by atoms with E-state index >= 15 is 0 Å². The molecule has 6 nitrogen and oxygen atoms in total. The van der Waals surface area contributed by atoms with Gasteiger partial charge in [0, 0.05) is 5.92 Å². The number of benzene rings is 1. The Morgan fingerprint density at radius 3 is 2.28 bits per heavy atom. The molecule has 3 saturated heterocycles. The smallest absolute Gasteiger partial charge is 0.598 e. The highest BCUT2D eigenvalue weighted by molar-refractivity contribution is 6.68. The summed E-state index contributed by atoms with van der Waals surface area (Å²) in [6, 6.07) is 9.76. The first-order valence-corrected chi connectivity index (χ1v) is 10.9. The van der Waals surface area contributed by atoms with Crippen molar-refractivity contribution in [1.82, 2.24) is 0 Å². The molecular weight excluding hydrogens is 369 g/mol. The molecule has 6 atom stereocenters. The van der Waals surface area contributed by atoms with Gasteiger partial charge in [0.15, 0.2) is 0 Å². The summed E-state index contributed by atoms with van der Waals surface area (Å²) in [5, 5.41) is 0.